The van der Waals surface area contributed by atoms with Gasteiger partial charge in [0, 0.05) is 30.6 Å². The molecular formula is C21H30ClN3O3. The Morgan fingerprint density at radius 2 is 1.89 bits per heavy atom. The number of hydrogen-bond acceptors (Lipinski definition) is 6. The average Bonchev–Trinajstić information content (AvgIpc) is 3.18. The Balaban J connectivity index is 0.00000225. The van der Waals surface area contributed by atoms with E-state index in [-0.39, 0.29) is 24.6 Å². The maximum absolute atomic E-state index is 10.3. The summed E-state index contributed by atoms with van der Waals surface area (Å²) in [6, 6.07) is 12.5. The van der Waals surface area contributed by atoms with E-state index in [4.69, 9.17) is 9.26 Å². The van der Waals surface area contributed by atoms with E-state index in [1.54, 1.807) is 0 Å². The fourth-order valence-corrected chi connectivity index (χ4v) is 3.97. The van der Waals surface area contributed by atoms with Crippen LogP contribution in [-0.4, -0.2) is 54.3 Å². The number of hydrogen-bond donors (Lipinski definition) is 3. The van der Waals surface area contributed by atoms with Crippen LogP contribution in [0.15, 0.2) is 40.9 Å². The second-order valence-electron chi connectivity index (χ2n) is 7.63. The van der Waals surface area contributed by atoms with E-state index in [1.807, 2.05) is 36.4 Å². The maximum Gasteiger partial charge on any atom is 0.167 e. The molecule has 2 aliphatic rings. The zero-order valence-corrected chi connectivity index (χ0v) is 16.9. The van der Waals surface area contributed by atoms with Gasteiger partial charge < -0.3 is 25.0 Å². The number of ether oxygens (including phenoxy) is 1. The van der Waals surface area contributed by atoms with Gasteiger partial charge in [0.1, 0.15) is 0 Å². The van der Waals surface area contributed by atoms with Crippen molar-refractivity contribution in [2.75, 3.05) is 19.6 Å². The van der Waals surface area contributed by atoms with E-state index < -0.39 is 6.10 Å². The molecule has 0 spiro atoms. The van der Waals surface area contributed by atoms with Crippen LogP contribution < -0.4 is 10.6 Å². The van der Waals surface area contributed by atoms with Crippen LogP contribution in [0.2, 0.25) is 0 Å². The van der Waals surface area contributed by atoms with Crippen molar-refractivity contribution in [1.82, 2.24) is 15.8 Å². The van der Waals surface area contributed by atoms with Crippen molar-refractivity contribution >= 4 is 12.4 Å². The summed E-state index contributed by atoms with van der Waals surface area (Å²) in [5.74, 6) is 0.783. The highest BCUT2D eigenvalue weighted by Gasteiger charge is 2.31. The van der Waals surface area contributed by atoms with E-state index >= 15 is 0 Å². The average molecular weight is 408 g/mol. The molecule has 0 radical (unpaired) electrons. The van der Waals surface area contributed by atoms with Gasteiger partial charge in [0.25, 0.3) is 0 Å². The van der Waals surface area contributed by atoms with Gasteiger partial charge >= 0.3 is 0 Å². The van der Waals surface area contributed by atoms with Crippen LogP contribution in [0.5, 0.6) is 0 Å². The molecule has 0 saturated carbocycles. The lowest BCUT2D eigenvalue weighted by atomic mass is 9.97. The molecule has 3 N–H and O–H groups in total. The molecule has 3 atom stereocenters. The third-order valence-corrected chi connectivity index (χ3v) is 5.58. The summed E-state index contributed by atoms with van der Waals surface area (Å²) in [6.07, 6.45) is 4.12. The number of rotatable bonds is 6. The van der Waals surface area contributed by atoms with Crippen molar-refractivity contribution in [2.24, 2.45) is 0 Å². The predicted molar refractivity (Wildman–Crippen MR) is 111 cm³/mol. The van der Waals surface area contributed by atoms with Gasteiger partial charge in [-0.15, -0.1) is 12.4 Å². The Morgan fingerprint density at radius 3 is 2.68 bits per heavy atom. The summed E-state index contributed by atoms with van der Waals surface area (Å²) in [4.78, 5) is 0. The standard InChI is InChI=1S/C21H29N3O3.ClH/c25-19-7-6-18(26-21(19)14-23-16-8-10-22-11-9-16)12-17-13-20(27-24-17)15-4-2-1-3-5-15;/h1-5,13,16,18-19,21-23,25H,6-12,14H2;1H/t18-,19-,21+;/m0./s1. The fraction of sp³-hybridized carbons (Fsp3) is 0.571. The number of aliphatic hydroxyl groups is 1. The molecule has 3 heterocycles. The molecule has 1 aromatic carbocycles. The van der Waals surface area contributed by atoms with E-state index in [9.17, 15) is 5.11 Å². The number of nitrogens with one attached hydrogen (secondary N) is 2. The molecule has 2 aromatic rings. The minimum atomic E-state index is -0.396. The fourth-order valence-electron chi connectivity index (χ4n) is 3.97. The molecule has 0 aliphatic carbocycles. The summed E-state index contributed by atoms with van der Waals surface area (Å²) in [5, 5.41) is 21.5. The van der Waals surface area contributed by atoms with Crippen molar-refractivity contribution in [3.8, 4) is 11.3 Å². The Hall–Kier alpha value is -1.44. The molecule has 2 aliphatic heterocycles. The van der Waals surface area contributed by atoms with E-state index in [0.717, 1.165) is 55.8 Å². The minimum absolute atomic E-state index is 0. The van der Waals surface area contributed by atoms with Crippen LogP contribution in [-0.2, 0) is 11.2 Å². The molecule has 1 aromatic heterocycles. The first-order valence-corrected chi connectivity index (χ1v) is 10.1. The van der Waals surface area contributed by atoms with Crippen LogP contribution >= 0.6 is 12.4 Å². The molecule has 0 amide bonds. The third kappa shape index (κ3) is 5.55. The molecule has 2 fully saturated rings. The van der Waals surface area contributed by atoms with E-state index in [1.165, 1.54) is 0 Å². The molecule has 7 heteroatoms. The van der Waals surface area contributed by atoms with Gasteiger partial charge in [0.05, 0.1) is 24.0 Å². The van der Waals surface area contributed by atoms with Crippen LogP contribution in [0.3, 0.4) is 0 Å². The van der Waals surface area contributed by atoms with Gasteiger partial charge in [-0.3, -0.25) is 0 Å². The van der Waals surface area contributed by atoms with Crippen molar-refractivity contribution in [3.05, 3.63) is 42.1 Å². The molecule has 0 unspecified atom stereocenters. The number of halogens is 1. The largest absolute Gasteiger partial charge is 0.390 e. The zero-order chi connectivity index (χ0) is 18.5. The topological polar surface area (TPSA) is 79.6 Å². The highest BCUT2D eigenvalue weighted by Crippen LogP contribution is 2.25. The molecule has 28 heavy (non-hydrogen) atoms. The summed E-state index contributed by atoms with van der Waals surface area (Å²) in [6.45, 7) is 2.82. The quantitative estimate of drug-likeness (QED) is 0.683. The minimum Gasteiger partial charge on any atom is -0.390 e. The summed E-state index contributed by atoms with van der Waals surface area (Å²) < 4.78 is 11.7. The lowest BCUT2D eigenvalue weighted by Gasteiger charge is -2.35. The normalized spacial score (nSPS) is 26.0. The molecule has 154 valence electrons. The molecular weight excluding hydrogens is 378 g/mol. The number of nitrogens with zero attached hydrogens (tertiary/aromatic N) is 1. The van der Waals surface area contributed by atoms with E-state index in [0.29, 0.717) is 19.0 Å². The summed E-state index contributed by atoms with van der Waals surface area (Å²) in [5.41, 5.74) is 1.93. The zero-order valence-electron chi connectivity index (χ0n) is 16.0. The second kappa shape index (κ2) is 10.4. The Labute approximate surface area is 172 Å². The SMILES string of the molecule is Cl.O[C@H]1CC[C@@H](Cc2cc(-c3ccccc3)on2)O[C@@H]1CNC1CCNCC1. The smallest absolute Gasteiger partial charge is 0.167 e. The van der Waals surface area contributed by atoms with Crippen LogP contribution in [0.25, 0.3) is 11.3 Å². The van der Waals surface area contributed by atoms with Crippen LogP contribution in [0.1, 0.15) is 31.4 Å². The number of aliphatic hydroxyl groups excluding tert-OH is 1. The van der Waals surface area contributed by atoms with Gasteiger partial charge in [-0.05, 0) is 38.8 Å². The first-order chi connectivity index (χ1) is 13.3. The van der Waals surface area contributed by atoms with Crippen molar-refractivity contribution in [2.45, 2.75) is 56.5 Å². The molecule has 6 nitrogen and oxygen atoms in total. The number of piperidine rings is 1. The van der Waals surface area contributed by atoms with Crippen LogP contribution in [0.4, 0.5) is 0 Å². The monoisotopic (exact) mass is 407 g/mol. The number of benzene rings is 1. The highest BCUT2D eigenvalue weighted by molar-refractivity contribution is 5.85. The summed E-state index contributed by atoms with van der Waals surface area (Å²) >= 11 is 0. The van der Waals surface area contributed by atoms with Gasteiger partial charge in [-0.2, -0.15) is 0 Å². The highest BCUT2D eigenvalue weighted by atomic mass is 35.5. The van der Waals surface area contributed by atoms with Gasteiger partial charge in [0.15, 0.2) is 5.76 Å². The lowest BCUT2D eigenvalue weighted by Crippen LogP contribution is -2.49. The first-order valence-electron chi connectivity index (χ1n) is 10.1. The second-order valence-corrected chi connectivity index (χ2v) is 7.63. The predicted octanol–water partition coefficient (Wildman–Crippen LogP) is 2.56. The first kappa shape index (κ1) is 21.3. The van der Waals surface area contributed by atoms with E-state index in [2.05, 4.69) is 15.8 Å². The maximum atomic E-state index is 10.3. The molecule has 4 rings (SSSR count). The van der Waals surface area contributed by atoms with Crippen LogP contribution in [0, 0.1) is 0 Å². The van der Waals surface area contributed by atoms with Crippen molar-refractivity contribution in [1.29, 1.82) is 0 Å². The van der Waals surface area contributed by atoms with Gasteiger partial charge in [-0.25, -0.2) is 0 Å². The van der Waals surface area contributed by atoms with Gasteiger partial charge in [0.2, 0.25) is 0 Å². The van der Waals surface area contributed by atoms with Crippen molar-refractivity contribution in [3.63, 3.8) is 0 Å². The Morgan fingerprint density at radius 1 is 1.11 bits per heavy atom. The van der Waals surface area contributed by atoms with Crippen molar-refractivity contribution < 1.29 is 14.4 Å². The van der Waals surface area contributed by atoms with Gasteiger partial charge in [-0.1, -0.05) is 35.5 Å². The summed E-state index contributed by atoms with van der Waals surface area (Å²) in [7, 11) is 0. The Kier molecular flexibility index (Phi) is 7.88. The third-order valence-electron chi connectivity index (χ3n) is 5.58. The molecule has 0 bridgehead atoms. The lowest BCUT2D eigenvalue weighted by molar-refractivity contribution is -0.115. The number of aromatic nitrogens is 1. The molecule has 2 saturated heterocycles. The Bertz CT molecular complexity index is 706.